The minimum atomic E-state index is -2.43. The van der Waals surface area contributed by atoms with Gasteiger partial charge < -0.3 is 19.0 Å². The lowest BCUT2D eigenvalue weighted by atomic mass is 9.94. The fraction of sp³-hybridized carbons (Fsp3) is 0.571. The van der Waals surface area contributed by atoms with Crippen molar-refractivity contribution in [2.75, 3.05) is 26.4 Å². The molecule has 2 atom stereocenters. The molecule has 0 aromatic heterocycles. The molecule has 1 saturated heterocycles. The smallest absolute Gasteiger partial charge is 0.261 e. The quantitative estimate of drug-likeness (QED) is 0.355. The molecule has 0 spiro atoms. The summed E-state index contributed by atoms with van der Waals surface area (Å²) in [7, 11) is -2.43. The van der Waals surface area contributed by atoms with Crippen molar-refractivity contribution in [1.82, 2.24) is 0 Å². The van der Waals surface area contributed by atoms with E-state index >= 15 is 0 Å². The fourth-order valence-corrected chi connectivity index (χ4v) is 9.73. The second kappa shape index (κ2) is 12.8. The van der Waals surface area contributed by atoms with E-state index in [1.807, 2.05) is 0 Å². The molecule has 0 saturated carbocycles. The summed E-state index contributed by atoms with van der Waals surface area (Å²) < 4.78 is 18.5. The summed E-state index contributed by atoms with van der Waals surface area (Å²) in [5, 5.41) is 11.8. The summed E-state index contributed by atoms with van der Waals surface area (Å²) in [4.78, 5) is 0. The van der Waals surface area contributed by atoms with Gasteiger partial charge >= 0.3 is 0 Å². The SMILES string of the molecule is CC(C)(C)[Si](OCCCCC[C@@H]1CCCO[C@H]1OCCO)(c1ccccc1)c1ccccc1. The molecule has 0 aliphatic carbocycles. The average molecular weight is 471 g/mol. The lowest BCUT2D eigenvalue weighted by Gasteiger charge is -2.43. The van der Waals surface area contributed by atoms with E-state index in [-0.39, 0.29) is 17.9 Å². The molecule has 0 unspecified atom stereocenters. The Hall–Kier alpha value is -1.50. The first-order valence-corrected chi connectivity index (χ1v) is 14.5. The number of rotatable bonds is 12. The third kappa shape index (κ3) is 6.77. The van der Waals surface area contributed by atoms with E-state index in [4.69, 9.17) is 19.0 Å². The van der Waals surface area contributed by atoms with Crippen molar-refractivity contribution in [3.05, 3.63) is 60.7 Å². The predicted molar refractivity (Wildman–Crippen MR) is 138 cm³/mol. The maximum absolute atomic E-state index is 9.05. The Kier molecular flexibility index (Phi) is 10.1. The molecule has 1 fully saturated rings. The molecule has 1 N–H and O–H groups in total. The van der Waals surface area contributed by atoms with Gasteiger partial charge in [-0.15, -0.1) is 0 Å². The van der Waals surface area contributed by atoms with E-state index in [1.165, 1.54) is 10.4 Å². The molecule has 0 bridgehead atoms. The number of aliphatic hydroxyl groups is 1. The molecule has 1 aliphatic rings. The van der Waals surface area contributed by atoms with Gasteiger partial charge in [-0.1, -0.05) is 94.3 Å². The maximum atomic E-state index is 9.05. The van der Waals surface area contributed by atoms with Crippen molar-refractivity contribution in [2.24, 2.45) is 5.92 Å². The molecular formula is C28H42O4Si. The Balaban J connectivity index is 1.60. The van der Waals surface area contributed by atoms with Gasteiger partial charge in [0, 0.05) is 19.1 Å². The first-order chi connectivity index (χ1) is 16.0. The van der Waals surface area contributed by atoms with E-state index in [9.17, 15) is 0 Å². The van der Waals surface area contributed by atoms with Gasteiger partial charge in [-0.25, -0.2) is 0 Å². The van der Waals surface area contributed by atoms with Crippen molar-refractivity contribution in [3.8, 4) is 0 Å². The van der Waals surface area contributed by atoms with Crippen LogP contribution in [0.2, 0.25) is 5.04 Å². The van der Waals surface area contributed by atoms with E-state index in [2.05, 4.69) is 81.4 Å². The summed E-state index contributed by atoms with van der Waals surface area (Å²) >= 11 is 0. The molecule has 33 heavy (non-hydrogen) atoms. The Morgan fingerprint density at radius 3 is 2.12 bits per heavy atom. The minimum Gasteiger partial charge on any atom is -0.407 e. The van der Waals surface area contributed by atoms with Crippen molar-refractivity contribution in [1.29, 1.82) is 0 Å². The van der Waals surface area contributed by atoms with Crippen molar-refractivity contribution < 1.29 is 19.0 Å². The topological polar surface area (TPSA) is 47.9 Å². The monoisotopic (exact) mass is 470 g/mol. The number of hydrogen-bond donors (Lipinski definition) is 1. The van der Waals surface area contributed by atoms with E-state index in [0.717, 1.165) is 51.7 Å². The molecule has 1 heterocycles. The van der Waals surface area contributed by atoms with Crippen LogP contribution in [0.3, 0.4) is 0 Å². The molecule has 0 radical (unpaired) electrons. The van der Waals surface area contributed by atoms with Crippen LogP contribution in [0.25, 0.3) is 0 Å². The molecule has 3 rings (SSSR count). The Labute approximate surface area is 201 Å². The molecule has 182 valence electrons. The number of unbranched alkanes of at least 4 members (excludes halogenated alkanes) is 2. The third-order valence-electron chi connectivity index (χ3n) is 6.71. The molecule has 2 aromatic rings. The van der Waals surface area contributed by atoms with Crippen LogP contribution in [-0.4, -0.2) is 46.1 Å². The van der Waals surface area contributed by atoms with Crippen LogP contribution < -0.4 is 10.4 Å². The maximum Gasteiger partial charge on any atom is 0.261 e. The van der Waals surface area contributed by atoms with Gasteiger partial charge in [-0.05, 0) is 41.1 Å². The number of aliphatic hydroxyl groups excluding tert-OH is 1. The van der Waals surface area contributed by atoms with Crippen molar-refractivity contribution in [3.63, 3.8) is 0 Å². The van der Waals surface area contributed by atoms with Crippen LogP contribution in [0.15, 0.2) is 60.7 Å². The normalized spacial score (nSPS) is 19.5. The molecule has 0 amide bonds. The van der Waals surface area contributed by atoms with Crippen molar-refractivity contribution in [2.45, 2.75) is 70.6 Å². The fourth-order valence-electron chi connectivity index (χ4n) is 5.12. The van der Waals surface area contributed by atoms with Gasteiger partial charge in [0.05, 0.1) is 13.2 Å². The van der Waals surface area contributed by atoms with Gasteiger partial charge in [0.1, 0.15) is 0 Å². The zero-order chi connectivity index (χ0) is 23.6. The van der Waals surface area contributed by atoms with E-state index in [1.54, 1.807) is 0 Å². The van der Waals surface area contributed by atoms with E-state index in [0.29, 0.717) is 12.5 Å². The zero-order valence-corrected chi connectivity index (χ0v) is 21.7. The lowest BCUT2D eigenvalue weighted by molar-refractivity contribution is -0.197. The Morgan fingerprint density at radius 2 is 1.55 bits per heavy atom. The first kappa shape index (κ1) is 26.1. The first-order valence-electron chi connectivity index (χ1n) is 12.6. The third-order valence-corrected chi connectivity index (χ3v) is 11.8. The molecular weight excluding hydrogens is 428 g/mol. The summed E-state index contributed by atoms with van der Waals surface area (Å²) in [5.41, 5.74) is 0. The van der Waals surface area contributed by atoms with Crippen LogP contribution in [0.1, 0.15) is 59.3 Å². The van der Waals surface area contributed by atoms with Crippen LogP contribution in [0.4, 0.5) is 0 Å². The molecule has 1 aliphatic heterocycles. The van der Waals surface area contributed by atoms with Crippen molar-refractivity contribution >= 4 is 18.7 Å². The summed E-state index contributed by atoms with van der Waals surface area (Å²) in [5.74, 6) is 0.433. The number of ether oxygens (including phenoxy) is 2. The lowest BCUT2D eigenvalue weighted by Crippen LogP contribution is -2.66. The highest BCUT2D eigenvalue weighted by Gasteiger charge is 2.49. The molecule has 2 aromatic carbocycles. The second-order valence-corrected chi connectivity index (χ2v) is 14.4. The highest BCUT2D eigenvalue weighted by atomic mass is 28.4. The van der Waals surface area contributed by atoms with Crippen LogP contribution in [0, 0.1) is 5.92 Å². The minimum absolute atomic E-state index is 0.0202. The van der Waals surface area contributed by atoms with Gasteiger partial charge in [0.2, 0.25) is 0 Å². The van der Waals surface area contributed by atoms with Gasteiger partial charge in [-0.3, -0.25) is 0 Å². The molecule has 5 heteroatoms. The Bertz CT molecular complexity index is 751. The Morgan fingerprint density at radius 1 is 0.909 bits per heavy atom. The highest BCUT2D eigenvalue weighted by Crippen LogP contribution is 2.37. The van der Waals surface area contributed by atoms with Crippen LogP contribution >= 0.6 is 0 Å². The van der Waals surface area contributed by atoms with E-state index < -0.39 is 8.32 Å². The largest absolute Gasteiger partial charge is 0.407 e. The number of hydrogen-bond acceptors (Lipinski definition) is 4. The highest BCUT2D eigenvalue weighted by molar-refractivity contribution is 6.99. The predicted octanol–water partition coefficient (Wildman–Crippen LogP) is 4.89. The van der Waals surface area contributed by atoms with Crippen LogP contribution in [0.5, 0.6) is 0 Å². The van der Waals surface area contributed by atoms with Gasteiger partial charge in [0.15, 0.2) is 6.29 Å². The zero-order valence-electron chi connectivity index (χ0n) is 20.7. The second-order valence-electron chi connectivity index (χ2n) is 10.1. The van der Waals surface area contributed by atoms with Gasteiger partial charge in [0.25, 0.3) is 8.32 Å². The molecule has 4 nitrogen and oxygen atoms in total. The summed E-state index contributed by atoms with van der Waals surface area (Å²) in [6.45, 7) is 8.93. The average Bonchev–Trinajstić information content (AvgIpc) is 2.83. The summed E-state index contributed by atoms with van der Waals surface area (Å²) in [6.07, 6.45) is 6.54. The van der Waals surface area contributed by atoms with Crippen LogP contribution in [-0.2, 0) is 13.9 Å². The van der Waals surface area contributed by atoms with Gasteiger partial charge in [-0.2, -0.15) is 0 Å². The number of benzene rings is 2. The standard InChI is InChI=1S/C28H42O4Si/c1-28(2,3)33(25-16-8-4-9-17-25,26-18-10-5-11-19-26)32-22-12-6-7-14-24-15-13-21-30-27(24)31-23-20-29/h4-5,8-11,16-19,24,27,29H,6-7,12-15,20-23H2,1-3H3/t24-,27+/m1/s1. The summed E-state index contributed by atoms with van der Waals surface area (Å²) in [6, 6.07) is 21.7.